The Morgan fingerprint density at radius 3 is 1.71 bits per heavy atom. The van der Waals surface area contributed by atoms with E-state index in [0.29, 0.717) is 23.2 Å². The second-order valence-corrected chi connectivity index (χ2v) is 7.52. The van der Waals surface area contributed by atoms with E-state index in [1.807, 2.05) is 17.2 Å². The molecule has 0 radical (unpaired) electrons. The summed E-state index contributed by atoms with van der Waals surface area (Å²) in [5.74, 6) is -0.898. The van der Waals surface area contributed by atoms with Crippen LogP contribution < -0.4 is 0 Å². The lowest BCUT2D eigenvalue weighted by Crippen LogP contribution is -2.46. The van der Waals surface area contributed by atoms with Crippen molar-refractivity contribution in [2.24, 2.45) is 0 Å². The number of rotatable bonds is 4. The molecule has 3 aromatic carbocycles. The standard InChI is InChI=1S/C25H20F5N/c26-22-11-7-18(8-12-22)24(31-15-2-1-3-16-31,19-9-13-23(27)14-10-19)20-5-4-6-21(17-20)25(28,29)30/h2,4-15,17H,1,3,16H2. The summed E-state index contributed by atoms with van der Waals surface area (Å²) in [7, 11) is 0. The Hall–Kier alpha value is -3.15. The molecule has 0 saturated carbocycles. The van der Waals surface area contributed by atoms with Crippen molar-refractivity contribution in [1.82, 2.24) is 4.90 Å². The molecule has 0 atom stereocenters. The van der Waals surface area contributed by atoms with E-state index in [4.69, 9.17) is 0 Å². The first kappa shape index (κ1) is 21.1. The Kier molecular flexibility index (Phi) is 5.56. The first-order valence-corrected chi connectivity index (χ1v) is 9.95. The third kappa shape index (κ3) is 3.94. The third-order valence-electron chi connectivity index (χ3n) is 5.62. The van der Waals surface area contributed by atoms with Crippen LogP contribution in [0.3, 0.4) is 0 Å². The highest BCUT2D eigenvalue weighted by Gasteiger charge is 2.43. The summed E-state index contributed by atoms with van der Waals surface area (Å²) >= 11 is 0. The number of halogens is 5. The quantitative estimate of drug-likeness (QED) is 0.323. The maximum absolute atomic E-state index is 13.8. The largest absolute Gasteiger partial charge is 0.416 e. The molecule has 3 aromatic rings. The van der Waals surface area contributed by atoms with Crippen LogP contribution in [0.1, 0.15) is 35.1 Å². The van der Waals surface area contributed by atoms with Crippen LogP contribution in [-0.4, -0.2) is 11.4 Å². The van der Waals surface area contributed by atoms with Crippen molar-refractivity contribution in [1.29, 1.82) is 0 Å². The van der Waals surface area contributed by atoms with Crippen LogP contribution in [-0.2, 0) is 11.7 Å². The van der Waals surface area contributed by atoms with Crippen molar-refractivity contribution in [3.63, 3.8) is 0 Å². The van der Waals surface area contributed by atoms with Gasteiger partial charge in [0, 0.05) is 6.54 Å². The molecule has 0 saturated heterocycles. The van der Waals surface area contributed by atoms with Crippen LogP contribution in [0.5, 0.6) is 0 Å². The molecule has 0 unspecified atom stereocenters. The van der Waals surface area contributed by atoms with Crippen LogP contribution in [0.4, 0.5) is 22.0 Å². The summed E-state index contributed by atoms with van der Waals surface area (Å²) in [6.45, 7) is 0.571. The van der Waals surface area contributed by atoms with Gasteiger partial charge in [-0.3, -0.25) is 0 Å². The van der Waals surface area contributed by atoms with Crippen LogP contribution in [0.15, 0.2) is 85.1 Å². The predicted octanol–water partition coefficient (Wildman–Crippen LogP) is 6.89. The fourth-order valence-electron chi connectivity index (χ4n) is 4.24. The highest BCUT2D eigenvalue weighted by Crippen LogP contribution is 2.45. The van der Waals surface area contributed by atoms with Crippen molar-refractivity contribution < 1.29 is 22.0 Å². The van der Waals surface area contributed by atoms with Gasteiger partial charge in [-0.05, 0) is 72.1 Å². The van der Waals surface area contributed by atoms with Crippen LogP contribution in [0, 0.1) is 11.6 Å². The summed E-state index contributed by atoms with van der Waals surface area (Å²) in [6.07, 6.45) is 0.946. The van der Waals surface area contributed by atoms with E-state index in [0.717, 1.165) is 25.0 Å². The van der Waals surface area contributed by atoms with Gasteiger partial charge in [-0.15, -0.1) is 0 Å². The normalized spacial score (nSPS) is 14.7. The maximum atomic E-state index is 13.8. The van der Waals surface area contributed by atoms with Crippen LogP contribution >= 0.6 is 0 Å². The molecule has 1 aliphatic heterocycles. The maximum Gasteiger partial charge on any atom is 0.416 e. The molecule has 1 aliphatic rings. The van der Waals surface area contributed by atoms with E-state index in [-0.39, 0.29) is 0 Å². The first-order chi connectivity index (χ1) is 14.8. The molecular formula is C25H20F5N. The van der Waals surface area contributed by atoms with Crippen molar-refractivity contribution in [2.45, 2.75) is 24.6 Å². The SMILES string of the molecule is Fc1ccc(C(c2ccc(F)cc2)(c2cccc(C(F)(F)F)c2)N2C=CCCC2)cc1. The molecule has 0 aliphatic carbocycles. The Balaban J connectivity index is 2.07. The summed E-state index contributed by atoms with van der Waals surface area (Å²) in [6, 6.07) is 16.6. The summed E-state index contributed by atoms with van der Waals surface area (Å²) in [5.41, 5.74) is -0.427. The Morgan fingerprint density at radius 1 is 0.677 bits per heavy atom. The highest BCUT2D eigenvalue weighted by molar-refractivity contribution is 5.51. The molecule has 1 nitrogen and oxygen atoms in total. The minimum Gasteiger partial charge on any atom is -0.360 e. The van der Waals surface area contributed by atoms with E-state index in [2.05, 4.69) is 0 Å². The van der Waals surface area contributed by atoms with Crippen molar-refractivity contribution in [3.8, 4) is 0 Å². The van der Waals surface area contributed by atoms with Gasteiger partial charge in [0.1, 0.15) is 17.2 Å². The molecule has 0 bridgehead atoms. The number of hydrogen-bond acceptors (Lipinski definition) is 1. The van der Waals surface area contributed by atoms with Gasteiger partial charge in [0.15, 0.2) is 0 Å². The minimum absolute atomic E-state index is 0.368. The molecule has 0 spiro atoms. The molecule has 0 aromatic heterocycles. The van der Waals surface area contributed by atoms with E-state index in [1.54, 1.807) is 30.3 Å². The monoisotopic (exact) mass is 429 g/mol. The van der Waals surface area contributed by atoms with E-state index >= 15 is 0 Å². The van der Waals surface area contributed by atoms with E-state index in [1.165, 1.54) is 30.3 Å². The van der Waals surface area contributed by atoms with Gasteiger partial charge in [-0.25, -0.2) is 8.78 Å². The molecule has 4 rings (SSSR count). The lowest BCUT2D eigenvalue weighted by molar-refractivity contribution is -0.137. The average Bonchev–Trinajstić information content (AvgIpc) is 2.77. The van der Waals surface area contributed by atoms with Gasteiger partial charge in [0.2, 0.25) is 0 Å². The third-order valence-corrected chi connectivity index (χ3v) is 5.62. The minimum atomic E-state index is -4.52. The van der Waals surface area contributed by atoms with E-state index < -0.39 is 28.9 Å². The fraction of sp³-hybridized carbons (Fsp3) is 0.200. The van der Waals surface area contributed by atoms with Gasteiger partial charge < -0.3 is 4.90 Å². The molecule has 6 heteroatoms. The fourth-order valence-corrected chi connectivity index (χ4v) is 4.24. The van der Waals surface area contributed by atoms with Crippen LogP contribution in [0.2, 0.25) is 0 Å². The topological polar surface area (TPSA) is 3.24 Å². The summed E-state index contributed by atoms with van der Waals surface area (Å²) in [5, 5.41) is 0. The van der Waals surface area contributed by atoms with Gasteiger partial charge in [-0.1, -0.05) is 42.5 Å². The second kappa shape index (κ2) is 8.17. The summed E-state index contributed by atoms with van der Waals surface area (Å²) in [4.78, 5) is 1.95. The van der Waals surface area contributed by atoms with Gasteiger partial charge >= 0.3 is 6.18 Å². The predicted molar refractivity (Wildman–Crippen MR) is 109 cm³/mol. The number of allylic oxidation sites excluding steroid dienone is 1. The smallest absolute Gasteiger partial charge is 0.360 e. The molecule has 160 valence electrons. The van der Waals surface area contributed by atoms with Gasteiger partial charge in [-0.2, -0.15) is 13.2 Å². The zero-order valence-electron chi connectivity index (χ0n) is 16.5. The summed E-state index contributed by atoms with van der Waals surface area (Å²) < 4.78 is 68.3. The number of hydrogen-bond donors (Lipinski definition) is 0. The molecule has 31 heavy (non-hydrogen) atoms. The first-order valence-electron chi connectivity index (χ1n) is 9.95. The van der Waals surface area contributed by atoms with Crippen molar-refractivity contribution >= 4 is 0 Å². The Labute approximate surface area is 177 Å². The van der Waals surface area contributed by atoms with Gasteiger partial charge in [0.25, 0.3) is 0 Å². The second-order valence-electron chi connectivity index (χ2n) is 7.52. The zero-order chi connectivity index (χ0) is 22.1. The van der Waals surface area contributed by atoms with E-state index in [9.17, 15) is 22.0 Å². The molecule has 0 fully saturated rings. The zero-order valence-corrected chi connectivity index (χ0v) is 16.5. The molecule has 1 heterocycles. The number of alkyl halides is 3. The highest BCUT2D eigenvalue weighted by atomic mass is 19.4. The average molecular weight is 429 g/mol. The van der Waals surface area contributed by atoms with Crippen molar-refractivity contribution in [2.75, 3.05) is 6.54 Å². The Morgan fingerprint density at radius 2 is 1.23 bits per heavy atom. The molecule has 0 N–H and O–H groups in total. The van der Waals surface area contributed by atoms with Crippen molar-refractivity contribution in [3.05, 3.63) is 119 Å². The lowest BCUT2D eigenvalue weighted by Gasteiger charge is -2.46. The number of nitrogens with zero attached hydrogens (tertiary/aromatic N) is 1. The molecular weight excluding hydrogens is 409 g/mol. The number of benzene rings is 3. The Bertz CT molecular complexity index is 1020. The van der Waals surface area contributed by atoms with Crippen LogP contribution in [0.25, 0.3) is 0 Å². The lowest BCUT2D eigenvalue weighted by atomic mass is 9.74. The molecule has 0 amide bonds. The van der Waals surface area contributed by atoms with Gasteiger partial charge in [0.05, 0.1) is 5.56 Å².